The zero-order valence-corrected chi connectivity index (χ0v) is 11.8. The SMILES string of the molecule is CCOc1cccc(/C=C/C(=O)N2CCC(O)CC2)c1. The van der Waals surface area contributed by atoms with E-state index in [0.29, 0.717) is 32.5 Å². The lowest BCUT2D eigenvalue weighted by molar-refractivity contribution is -0.127. The van der Waals surface area contributed by atoms with E-state index in [1.165, 1.54) is 0 Å². The van der Waals surface area contributed by atoms with Crippen LogP contribution in [0.15, 0.2) is 30.3 Å². The third kappa shape index (κ3) is 4.10. The second-order valence-corrected chi connectivity index (χ2v) is 4.90. The normalized spacial score (nSPS) is 16.6. The highest BCUT2D eigenvalue weighted by Crippen LogP contribution is 2.15. The summed E-state index contributed by atoms with van der Waals surface area (Å²) >= 11 is 0. The standard InChI is InChI=1S/C16H21NO3/c1-2-20-15-5-3-4-13(12-15)6-7-16(19)17-10-8-14(18)9-11-17/h3-7,12,14,18H,2,8-11H2,1H3/b7-6+. The molecular weight excluding hydrogens is 254 g/mol. The Bertz CT molecular complexity index is 476. The van der Waals surface area contributed by atoms with Gasteiger partial charge in [-0.25, -0.2) is 0 Å². The van der Waals surface area contributed by atoms with Crippen LogP contribution in [0.5, 0.6) is 5.75 Å². The maximum atomic E-state index is 12.0. The van der Waals surface area contributed by atoms with Crippen LogP contribution in [0.2, 0.25) is 0 Å². The van der Waals surface area contributed by atoms with E-state index in [1.807, 2.05) is 31.2 Å². The van der Waals surface area contributed by atoms with E-state index in [9.17, 15) is 9.90 Å². The number of benzene rings is 1. The van der Waals surface area contributed by atoms with Gasteiger partial charge >= 0.3 is 0 Å². The Hall–Kier alpha value is -1.81. The summed E-state index contributed by atoms with van der Waals surface area (Å²) in [6, 6.07) is 7.65. The molecule has 0 unspecified atom stereocenters. The highest BCUT2D eigenvalue weighted by molar-refractivity contribution is 5.91. The number of aliphatic hydroxyl groups is 1. The van der Waals surface area contributed by atoms with E-state index in [1.54, 1.807) is 17.1 Å². The van der Waals surface area contributed by atoms with E-state index < -0.39 is 0 Å². The number of rotatable bonds is 4. The maximum absolute atomic E-state index is 12.0. The number of hydrogen-bond donors (Lipinski definition) is 1. The fourth-order valence-electron chi connectivity index (χ4n) is 2.23. The molecule has 0 aromatic heterocycles. The number of nitrogens with zero attached hydrogens (tertiary/aromatic N) is 1. The van der Waals surface area contributed by atoms with Crippen LogP contribution in [0.4, 0.5) is 0 Å². The first-order valence-corrected chi connectivity index (χ1v) is 7.07. The minimum Gasteiger partial charge on any atom is -0.494 e. The Morgan fingerprint density at radius 3 is 2.90 bits per heavy atom. The largest absolute Gasteiger partial charge is 0.494 e. The number of hydrogen-bond acceptors (Lipinski definition) is 3. The molecule has 20 heavy (non-hydrogen) atoms. The van der Waals surface area contributed by atoms with Crippen LogP contribution in [0.3, 0.4) is 0 Å². The van der Waals surface area contributed by atoms with Crippen molar-refractivity contribution in [3.05, 3.63) is 35.9 Å². The molecule has 0 bridgehead atoms. The van der Waals surface area contributed by atoms with Crippen LogP contribution in [0, 0.1) is 0 Å². The lowest BCUT2D eigenvalue weighted by Gasteiger charge is -2.28. The van der Waals surface area contributed by atoms with Gasteiger partial charge in [-0.2, -0.15) is 0 Å². The number of likely N-dealkylation sites (tertiary alicyclic amines) is 1. The summed E-state index contributed by atoms with van der Waals surface area (Å²) in [6.07, 6.45) is 4.46. The average molecular weight is 275 g/mol. The van der Waals surface area contributed by atoms with Crippen molar-refractivity contribution in [2.24, 2.45) is 0 Å². The molecule has 1 amide bonds. The van der Waals surface area contributed by atoms with Crippen LogP contribution in [0.1, 0.15) is 25.3 Å². The van der Waals surface area contributed by atoms with Gasteiger partial charge in [-0.15, -0.1) is 0 Å². The van der Waals surface area contributed by atoms with E-state index in [4.69, 9.17) is 4.74 Å². The third-order valence-corrected chi connectivity index (χ3v) is 3.36. The van der Waals surface area contributed by atoms with Gasteiger partial charge in [0, 0.05) is 19.2 Å². The minimum atomic E-state index is -0.258. The fourth-order valence-corrected chi connectivity index (χ4v) is 2.23. The Morgan fingerprint density at radius 1 is 1.45 bits per heavy atom. The van der Waals surface area contributed by atoms with Gasteiger partial charge in [-0.1, -0.05) is 12.1 Å². The Kier molecular flexibility index (Phi) is 5.18. The molecule has 4 heteroatoms. The lowest BCUT2D eigenvalue weighted by Crippen LogP contribution is -2.39. The van der Waals surface area contributed by atoms with E-state index in [2.05, 4.69) is 0 Å². The molecule has 0 saturated carbocycles. The number of aliphatic hydroxyl groups excluding tert-OH is 1. The lowest BCUT2D eigenvalue weighted by atomic mass is 10.1. The van der Waals surface area contributed by atoms with Crippen molar-refractivity contribution < 1.29 is 14.6 Å². The molecule has 1 heterocycles. The molecule has 1 aliphatic heterocycles. The Labute approximate surface area is 119 Å². The average Bonchev–Trinajstić information content (AvgIpc) is 2.46. The quantitative estimate of drug-likeness (QED) is 0.856. The van der Waals surface area contributed by atoms with Gasteiger partial charge in [-0.05, 0) is 43.5 Å². The third-order valence-electron chi connectivity index (χ3n) is 3.36. The summed E-state index contributed by atoms with van der Waals surface area (Å²) in [6.45, 7) is 3.83. The molecule has 1 aromatic rings. The molecule has 108 valence electrons. The van der Waals surface area contributed by atoms with Gasteiger partial charge in [0.1, 0.15) is 5.75 Å². The number of amides is 1. The molecule has 1 saturated heterocycles. The number of ether oxygens (including phenoxy) is 1. The first-order chi connectivity index (χ1) is 9.69. The summed E-state index contributed by atoms with van der Waals surface area (Å²) in [5, 5.41) is 9.43. The van der Waals surface area contributed by atoms with E-state index in [0.717, 1.165) is 11.3 Å². The molecule has 2 rings (SSSR count). The van der Waals surface area contributed by atoms with Crippen LogP contribution in [0.25, 0.3) is 6.08 Å². The smallest absolute Gasteiger partial charge is 0.246 e. The summed E-state index contributed by atoms with van der Waals surface area (Å²) in [5.74, 6) is 0.807. The van der Waals surface area contributed by atoms with E-state index in [-0.39, 0.29) is 12.0 Å². The zero-order chi connectivity index (χ0) is 14.4. The van der Waals surface area contributed by atoms with Crippen molar-refractivity contribution in [3.63, 3.8) is 0 Å². The predicted octanol–water partition coefficient (Wildman–Crippen LogP) is 2.08. The fraction of sp³-hybridized carbons (Fsp3) is 0.438. The first-order valence-electron chi connectivity index (χ1n) is 7.07. The molecule has 0 aliphatic carbocycles. The molecule has 4 nitrogen and oxygen atoms in total. The molecule has 0 radical (unpaired) electrons. The van der Waals surface area contributed by atoms with Crippen molar-refractivity contribution in [2.45, 2.75) is 25.9 Å². The van der Waals surface area contributed by atoms with Crippen LogP contribution < -0.4 is 4.74 Å². The summed E-state index contributed by atoms with van der Waals surface area (Å²) in [7, 11) is 0. The maximum Gasteiger partial charge on any atom is 0.246 e. The Morgan fingerprint density at radius 2 is 2.20 bits per heavy atom. The summed E-state index contributed by atoms with van der Waals surface area (Å²) in [4.78, 5) is 13.8. The van der Waals surface area contributed by atoms with Crippen molar-refractivity contribution in [2.75, 3.05) is 19.7 Å². The topological polar surface area (TPSA) is 49.8 Å². The van der Waals surface area contributed by atoms with Crippen molar-refractivity contribution in [1.29, 1.82) is 0 Å². The highest BCUT2D eigenvalue weighted by Gasteiger charge is 2.19. The zero-order valence-electron chi connectivity index (χ0n) is 11.8. The number of carbonyl (C=O) groups is 1. The number of carbonyl (C=O) groups excluding carboxylic acids is 1. The van der Waals surface area contributed by atoms with Gasteiger partial charge < -0.3 is 14.7 Å². The van der Waals surface area contributed by atoms with Gasteiger partial charge in [0.15, 0.2) is 0 Å². The van der Waals surface area contributed by atoms with Gasteiger partial charge in [0.05, 0.1) is 12.7 Å². The van der Waals surface area contributed by atoms with Crippen molar-refractivity contribution in [1.82, 2.24) is 4.90 Å². The Balaban J connectivity index is 1.94. The van der Waals surface area contributed by atoms with Gasteiger partial charge in [0.25, 0.3) is 0 Å². The second-order valence-electron chi connectivity index (χ2n) is 4.90. The second kappa shape index (κ2) is 7.10. The summed E-state index contributed by atoms with van der Waals surface area (Å²) in [5.41, 5.74) is 0.946. The molecule has 0 atom stereocenters. The van der Waals surface area contributed by atoms with Gasteiger partial charge in [0.2, 0.25) is 5.91 Å². The molecule has 1 N–H and O–H groups in total. The molecule has 1 aromatic carbocycles. The number of piperidine rings is 1. The van der Waals surface area contributed by atoms with Crippen molar-refractivity contribution >= 4 is 12.0 Å². The van der Waals surface area contributed by atoms with Crippen LogP contribution in [-0.2, 0) is 4.79 Å². The van der Waals surface area contributed by atoms with Crippen LogP contribution in [-0.4, -0.2) is 41.7 Å². The van der Waals surface area contributed by atoms with Crippen LogP contribution >= 0.6 is 0 Å². The highest BCUT2D eigenvalue weighted by atomic mass is 16.5. The van der Waals surface area contributed by atoms with Gasteiger partial charge in [-0.3, -0.25) is 4.79 Å². The molecular formula is C16H21NO3. The molecule has 1 fully saturated rings. The summed E-state index contributed by atoms with van der Waals surface area (Å²) < 4.78 is 5.42. The predicted molar refractivity (Wildman–Crippen MR) is 78.5 cm³/mol. The van der Waals surface area contributed by atoms with Crippen molar-refractivity contribution in [3.8, 4) is 5.75 Å². The molecule has 0 spiro atoms. The molecule has 1 aliphatic rings. The first kappa shape index (κ1) is 14.6. The monoisotopic (exact) mass is 275 g/mol. The van der Waals surface area contributed by atoms with E-state index >= 15 is 0 Å². The minimum absolute atomic E-state index is 0.00119.